The summed E-state index contributed by atoms with van der Waals surface area (Å²) in [6.07, 6.45) is 3.03. The van der Waals surface area contributed by atoms with Gasteiger partial charge in [-0.3, -0.25) is 9.69 Å². The molecule has 0 radical (unpaired) electrons. The highest BCUT2D eigenvalue weighted by Crippen LogP contribution is 2.20. The second-order valence-corrected chi connectivity index (χ2v) is 10.8. The number of hydrogen-bond acceptors (Lipinski definition) is 5. The van der Waals surface area contributed by atoms with Crippen LogP contribution in [-0.2, 0) is 16.1 Å². The predicted molar refractivity (Wildman–Crippen MR) is 132 cm³/mol. The van der Waals surface area contributed by atoms with E-state index in [1.165, 1.54) is 10.8 Å². The third kappa shape index (κ3) is 7.55. The highest BCUT2D eigenvalue weighted by molar-refractivity contribution is 6.57. The first kappa shape index (κ1) is 23.2. The molecule has 0 aromatic heterocycles. The zero-order valence-electron chi connectivity index (χ0n) is 19.1. The van der Waals surface area contributed by atoms with Gasteiger partial charge in [0.05, 0.1) is 22.7 Å². The molecule has 0 aliphatic carbocycles. The van der Waals surface area contributed by atoms with E-state index < -0.39 is 9.52 Å². The molecular weight excluding hydrogens is 416 g/mol. The van der Waals surface area contributed by atoms with Crippen molar-refractivity contribution in [3.63, 3.8) is 0 Å². The fourth-order valence-electron chi connectivity index (χ4n) is 4.47. The summed E-state index contributed by atoms with van der Waals surface area (Å²) in [6.45, 7) is 7.60. The number of piperidine rings is 1. The first-order chi connectivity index (χ1) is 15.7. The van der Waals surface area contributed by atoms with Crippen molar-refractivity contribution in [2.75, 3.05) is 45.9 Å². The molecule has 4 rings (SSSR count). The Bertz CT molecular complexity index is 817. The van der Waals surface area contributed by atoms with Gasteiger partial charge < -0.3 is 14.4 Å². The third-order valence-corrected chi connectivity index (χ3v) is 8.37. The van der Waals surface area contributed by atoms with Gasteiger partial charge in [-0.15, -0.1) is 0 Å². The van der Waals surface area contributed by atoms with Gasteiger partial charge in [0, 0.05) is 45.7 Å². The van der Waals surface area contributed by atoms with Gasteiger partial charge in [0.2, 0.25) is 0 Å². The van der Waals surface area contributed by atoms with E-state index in [2.05, 4.69) is 58.3 Å². The molecule has 0 saturated carbocycles. The van der Waals surface area contributed by atoms with E-state index in [9.17, 15) is 4.79 Å². The smallest absolute Gasteiger partial charge is 0.131 e. The maximum atomic E-state index is 12.3. The fraction of sp³-hybridized carbons (Fsp3) is 0.500. The monoisotopic (exact) mass is 452 g/mol. The summed E-state index contributed by atoms with van der Waals surface area (Å²) in [5.41, 5.74) is 1.33. The molecule has 5 nitrogen and oxygen atoms in total. The summed E-state index contributed by atoms with van der Waals surface area (Å²) in [5, 5.41) is 1.38. The Balaban J connectivity index is 1.11. The molecule has 2 fully saturated rings. The summed E-state index contributed by atoms with van der Waals surface area (Å²) in [7, 11) is -0.457. The van der Waals surface area contributed by atoms with Crippen molar-refractivity contribution in [3.05, 3.63) is 60.2 Å². The average molecular weight is 453 g/mol. The van der Waals surface area contributed by atoms with Crippen molar-refractivity contribution < 1.29 is 14.3 Å². The fourth-order valence-corrected chi connectivity index (χ4v) is 5.89. The van der Waals surface area contributed by atoms with Crippen LogP contribution in [0, 0.1) is 0 Å². The van der Waals surface area contributed by atoms with Gasteiger partial charge in [-0.05, 0) is 36.6 Å². The first-order valence-corrected chi connectivity index (χ1v) is 13.8. The van der Waals surface area contributed by atoms with Crippen LogP contribution >= 0.6 is 0 Å². The predicted octanol–water partition coefficient (Wildman–Crippen LogP) is 2.23. The van der Waals surface area contributed by atoms with Crippen molar-refractivity contribution in [1.82, 2.24) is 9.80 Å². The van der Waals surface area contributed by atoms with E-state index in [4.69, 9.17) is 9.47 Å². The van der Waals surface area contributed by atoms with Crippen molar-refractivity contribution >= 4 is 20.5 Å². The first-order valence-electron chi connectivity index (χ1n) is 12.1. The normalized spacial score (nSPS) is 18.9. The number of hydrogen-bond donors (Lipinski definition) is 0. The Kier molecular flexibility index (Phi) is 8.91. The number of nitrogens with zero attached hydrogens (tertiary/aromatic N) is 2. The number of ether oxygens (including phenoxy) is 2. The lowest BCUT2D eigenvalue weighted by Crippen LogP contribution is -2.39. The lowest BCUT2D eigenvalue weighted by molar-refractivity contribution is -0.117. The minimum Gasteiger partial charge on any atom is -0.490 e. The van der Waals surface area contributed by atoms with E-state index in [0.29, 0.717) is 12.2 Å². The maximum absolute atomic E-state index is 12.3. The van der Waals surface area contributed by atoms with Gasteiger partial charge >= 0.3 is 0 Å². The van der Waals surface area contributed by atoms with Crippen LogP contribution in [-0.4, -0.2) is 77.1 Å². The maximum Gasteiger partial charge on any atom is 0.131 e. The quantitative estimate of drug-likeness (QED) is 0.517. The van der Waals surface area contributed by atoms with Crippen LogP contribution in [0.25, 0.3) is 0 Å². The zero-order chi connectivity index (χ0) is 22.0. The van der Waals surface area contributed by atoms with E-state index in [0.717, 1.165) is 77.1 Å². The Labute approximate surface area is 194 Å². The molecule has 172 valence electrons. The van der Waals surface area contributed by atoms with Crippen LogP contribution in [0.1, 0.15) is 24.8 Å². The van der Waals surface area contributed by atoms with Gasteiger partial charge in [0.1, 0.15) is 17.6 Å². The van der Waals surface area contributed by atoms with E-state index in [1.54, 1.807) is 0 Å². The molecule has 0 spiro atoms. The van der Waals surface area contributed by atoms with Gasteiger partial charge in [-0.1, -0.05) is 47.7 Å². The van der Waals surface area contributed by atoms with Crippen LogP contribution in [0.15, 0.2) is 54.6 Å². The molecule has 2 heterocycles. The summed E-state index contributed by atoms with van der Waals surface area (Å²) >= 11 is 0. The summed E-state index contributed by atoms with van der Waals surface area (Å²) in [4.78, 5) is 17.2. The lowest BCUT2D eigenvalue weighted by atomic mass is 10.1. The molecule has 0 amide bonds. The number of rotatable bonds is 10. The molecule has 0 atom stereocenters. The minimum absolute atomic E-state index is 0.275. The number of morpholine rings is 1. The van der Waals surface area contributed by atoms with Crippen LogP contribution < -0.4 is 9.92 Å². The van der Waals surface area contributed by atoms with Crippen LogP contribution in [0.4, 0.5) is 0 Å². The molecule has 2 saturated heterocycles. The molecule has 0 unspecified atom stereocenters. The number of likely N-dealkylation sites (tertiary alicyclic amines) is 1. The molecule has 2 aliphatic heterocycles. The van der Waals surface area contributed by atoms with Crippen molar-refractivity contribution in [1.29, 1.82) is 0 Å². The van der Waals surface area contributed by atoms with E-state index in [1.807, 2.05) is 6.07 Å². The molecule has 6 heteroatoms. The summed E-state index contributed by atoms with van der Waals surface area (Å²) in [6, 6.07) is 19.9. The van der Waals surface area contributed by atoms with Crippen LogP contribution in [0.3, 0.4) is 0 Å². The molecule has 2 aliphatic rings. The molecule has 32 heavy (non-hydrogen) atoms. The van der Waals surface area contributed by atoms with Crippen LogP contribution in [0.2, 0.25) is 6.04 Å². The Morgan fingerprint density at radius 3 is 2.38 bits per heavy atom. The minimum atomic E-state index is -0.457. The van der Waals surface area contributed by atoms with Crippen molar-refractivity contribution in [3.8, 4) is 5.75 Å². The summed E-state index contributed by atoms with van der Waals surface area (Å²) in [5.74, 6) is 1.39. The topological polar surface area (TPSA) is 42.0 Å². The summed E-state index contributed by atoms with van der Waals surface area (Å²) < 4.78 is 11.7. The molecule has 0 bridgehead atoms. The molecule has 0 N–H and O–H groups in total. The van der Waals surface area contributed by atoms with E-state index >= 15 is 0 Å². The number of Topliss-reactive ketones (excluding diaryl/α,β-unsaturated/α-hetero) is 1. The zero-order valence-corrected chi connectivity index (χ0v) is 20.5. The number of ketones is 1. The van der Waals surface area contributed by atoms with Gasteiger partial charge in [-0.2, -0.15) is 0 Å². The van der Waals surface area contributed by atoms with Crippen LogP contribution in [0.5, 0.6) is 5.75 Å². The standard InChI is InChI=1S/C26H36N2O3Si/c29-23(21-32-26-4-2-1-3-5-26)10-13-27-14-11-25(12-15-27)31-24-8-6-22(7-9-24)20-28-16-18-30-19-17-28/h1-9,25H,10-21,32H2. The highest BCUT2D eigenvalue weighted by Gasteiger charge is 2.21. The number of carbonyl (C=O) groups excluding carboxylic acids is 1. The Morgan fingerprint density at radius 2 is 1.66 bits per heavy atom. The number of carbonyl (C=O) groups is 1. The molecular formula is C26H36N2O3Si. The molecule has 2 aromatic rings. The van der Waals surface area contributed by atoms with Gasteiger partial charge in [0.15, 0.2) is 0 Å². The number of benzene rings is 2. The Morgan fingerprint density at radius 1 is 0.938 bits per heavy atom. The second kappa shape index (κ2) is 12.3. The van der Waals surface area contributed by atoms with Gasteiger partial charge in [-0.25, -0.2) is 0 Å². The third-order valence-electron chi connectivity index (χ3n) is 6.51. The largest absolute Gasteiger partial charge is 0.490 e. The Hall–Kier alpha value is -1.99. The van der Waals surface area contributed by atoms with Gasteiger partial charge in [0.25, 0.3) is 0 Å². The van der Waals surface area contributed by atoms with E-state index in [-0.39, 0.29) is 6.10 Å². The average Bonchev–Trinajstić information content (AvgIpc) is 2.85. The van der Waals surface area contributed by atoms with Crippen molar-refractivity contribution in [2.24, 2.45) is 0 Å². The second-order valence-electron chi connectivity index (χ2n) is 8.97. The lowest BCUT2D eigenvalue weighted by Gasteiger charge is -2.32. The van der Waals surface area contributed by atoms with Crippen molar-refractivity contribution in [2.45, 2.75) is 38.0 Å². The SMILES string of the molecule is O=C(CCN1CCC(Oc2ccc(CN3CCOCC3)cc2)CC1)C[SiH2]c1ccccc1. The highest BCUT2D eigenvalue weighted by atomic mass is 28.2. The molecule has 2 aromatic carbocycles.